The first-order chi connectivity index (χ1) is 23.8. The topological polar surface area (TPSA) is 122 Å². The van der Waals surface area contributed by atoms with E-state index in [9.17, 15) is 0 Å². The van der Waals surface area contributed by atoms with E-state index in [1.54, 1.807) is 6.20 Å². The van der Waals surface area contributed by atoms with Gasteiger partial charge in [0.2, 0.25) is 0 Å². The number of aromatic nitrogens is 7. The first-order valence-corrected chi connectivity index (χ1v) is 15.3. The van der Waals surface area contributed by atoms with Gasteiger partial charge < -0.3 is 8.98 Å². The molecule has 10 rings (SSSR count). The summed E-state index contributed by atoms with van der Waals surface area (Å²) >= 11 is 0. The molecule has 0 atom stereocenters. The van der Waals surface area contributed by atoms with E-state index in [0.717, 1.165) is 50.0 Å². The lowest BCUT2D eigenvalue weighted by Gasteiger charge is -2.09. The van der Waals surface area contributed by atoms with Crippen molar-refractivity contribution in [1.29, 1.82) is 0 Å². The molecule has 0 unspecified atom stereocenters. The molecule has 0 N–H and O–H groups in total. The molecule has 10 aromatic rings. The highest BCUT2D eigenvalue weighted by Gasteiger charge is 2.24. The van der Waals surface area contributed by atoms with Crippen LogP contribution in [0.2, 0.25) is 0 Å². The largest absolute Gasteiger partial charge is 0.453 e. The van der Waals surface area contributed by atoms with Crippen LogP contribution >= 0.6 is 0 Å². The molecule has 10 heteroatoms. The van der Waals surface area contributed by atoms with E-state index in [-0.39, 0.29) is 0 Å². The SMILES string of the molecule is c1cc(-c2cnc3c(c2)oc2cccnc23)cc(-c2nonc2-c2nonc2-c2cccc(-n3c4ccccc4c4ccccc43)c2)c1. The van der Waals surface area contributed by atoms with Crippen molar-refractivity contribution < 1.29 is 13.7 Å². The van der Waals surface area contributed by atoms with Crippen LogP contribution < -0.4 is 0 Å². The fourth-order valence-corrected chi connectivity index (χ4v) is 6.53. The Morgan fingerprint density at radius 3 is 1.83 bits per heavy atom. The van der Waals surface area contributed by atoms with E-state index in [0.29, 0.717) is 33.9 Å². The van der Waals surface area contributed by atoms with Gasteiger partial charge in [-0.2, -0.15) is 0 Å². The van der Waals surface area contributed by atoms with Crippen LogP contribution in [-0.2, 0) is 0 Å². The molecule has 6 heterocycles. The van der Waals surface area contributed by atoms with E-state index >= 15 is 0 Å². The van der Waals surface area contributed by atoms with Gasteiger partial charge in [-0.25, -0.2) is 14.2 Å². The monoisotopic (exact) mass is 623 g/mol. The Labute approximate surface area is 270 Å². The van der Waals surface area contributed by atoms with Crippen LogP contribution in [-0.4, -0.2) is 35.2 Å². The third-order valence-corrected chi connectivity index (χ3v) is 8.70. The van der Waals surface area contributed by atoms with Crippen LogP contribution in [0.15, 0.2) is 141 Å². The van der Waals surface area contributed by atoms with E-state index < -0.39 is 0 Å². The first kappa shape index (κ1) is 26.3. The van der Waals surface area contributed by atoms with Crippen LogP contribution in [0.1, 0.15) is 0 Å². The van der Waals surface area contributed by atoms with E-state index in [1.165, 1.54) is 10.8 Å². The average molecular weight is 624 g/mol. The van der Waals surface area contributed by atoms with Gasteiger partial charge in [-0.1, -0.05) is 66.7 Å². The number of furan rings is 1. The number of hydrogen-bond acceptors (Lipinski definition) is 9. The Bertz CT molecular complexity index is 2770. The minimum absolute atomic E-state index is 0.419. The molecule has 0 radical (unpaired) electrons. The molecular formula is C38H21N7O3. The average Bonchev–Trinajstić information content (AvgIpc) is 3.95. The molecule has 0 aliphatic heterocycles. The van der Waals surface area contributed by atoms with Crippen LogP contribution in [0.4, 0.5) is 0 Å². The molecule has 0 spiro atoms. The molecule has 0 aliphatic rings. The van der Waals surface area contributed by atoms with Crippen LogP contribution in [0.25, 0.3) is 94.7 Å². The summed E-state index contributed by atoms with van der Waals surface area (Å²) in [5.41, 5.74) is 11.3. The summed E-state index contributed by atoms with van der Waals surface area (Å²) in [6.45, 7) is 0. The number of para-hydroxylation sites is 2. The Kier molecular flexibility index (Phi) is 5.64. The summed E-state index contributed by atoms with van der Waals surface area (Å²) in [7, 11) is 0. The number of nitrogens with zero attached hydrogens (tertiary/aromatic N) is 7. The Hall–Kier alpha value is -6.94. The van der Waals surface area contributed by atoms with Crippen molar-refractivity contribution in [2.24, 2.45) is 0 Å². The highest BCUT2D eigenvalue weighted by atomic mass is 16.6. The standard InChI is InChI=1S/C38H21N7O3/c1-3-14-29-27(12-1)28-13-2-4-15-30(28)45(29)26-11-6-10-24(19-26)34-38(44-48-42-34)37-33(41-47-43-37)23-9-5-8-22(18-23)25-20-32-36(40-21-25)35-31(46-32)16-7-17-39-35/h1-21H. The normalized spacial score (nSPS) is 11.8. The summed E-state index contributed by atoms with van der Waals surface area (Å²) in [4.78, 5) is 9.09. The maximum Gasteiger partial charge on any atom is 0.167 e. The van der Waals surface area contributed by atoms with E-state index in [2.05, 4.69) is 95.8 Å². The third kappa shape index (κ3) is 3.99. The zero-order chi connectivity index (χ0) is 31.6. The summed E-state index contributed by atoms with van der Waals surface area (Å²) in [6.07, 6.45) is 3.55. The fraction of sp³-hybridized carbons (Fsp3) is 0. The molecule has 4 aromatic carbocycles. The zero-order valence-corrected chi connectivity index (χ0v) is 25.0. The molecule has 48 heavy (non-hydrogen) atoms. The lowest BCUT2D eigenvalue weighted by atomic mass is 10.0. The maximum atomic E-state index is 6.02. The first-order valence-electron chi connectivity index (χ1n) is 15.3. The number of hydrogen-bond donors (Lipinski definition) is 0. The molecular weight excluding hydrogens is 602 g/mol. The second-order valence-electron chi connectivity index (χ2n) is 11.4. The number of fused-ring (bicyclic) bond motifs is 6. The van der Waals surface area contributed by atoms with Crippen molar-refractivity contribution in [3.05, 3.63) is 128 Å². The van der Waals surface area contributed by atoms with Gasteiger partial charge in [0.1, 0.15) is 22.4 Å². The van der Waals surface area contributed by atoms with Crippen molar-refractivity contribution in [3.63, 3.8) is 0 Å². The van der Waals surface area contributed by atoms with Crippen molar-refractivity contribution in [3.8, 4) is 50.7 Å². The third-order valence-electron chi connectivity index (χ3n) is 8.70. The zero-order valence-electron chi connectivity index (χ0n) is 25.0. The van der Waals surface area contributed by atoms with Gasteiger partial charge in [0.05, 0.1) is 11.0 Å². The summed E-state index contributed by atoms with van der Waals surface area (Å²) in [5, 5.41) is 19.5. The molecule has 0 saturated carbocycles. The summed E-state index contributed by atoms with van der Waals surface area (Å²) in [6, 6.07) is 38.5. The predicted octanol–water partition coefficient (Wildman–Crippen LogP) is 8.91. The van der Waals surface area contributed by atoms with Crippen molar-refractivity contribution in [2.75, 3.05) is 0 Å². The smallest absolute Gasteiger partial charge is 0.167 e. The van der Waals surface area contributed by atoms with Crippen LogP contribution in [0, 0.1) is 0 Å². The van der Waals surface area contributed by atoms with E-state index in [4.69, 9.17) is 13.7 Å². The minimum atomic E-state index is 0.419. The van der Waals surface area contributed by atoms with Gasteiger partial charge >= 0.3 is 0 Å². The highest BCUT2D eigenvalue weighted by Crippen LogP contribution is 2.38. The molecule has 0 bridgehead atoms. The Morgan fingerprint density at radius 1 is 0.458 bits per heavy atom. The van der Waals surface area contributed by atoms with Gasteiger partial charge in [0.15, 0.2) is 22.6 Å². The van der Waals surface area contributed by atoms with Gasteiger partial charge in [-0.15, -0.1) is 0 Å². The molecule has 6 aromatic heterocycles. The second-order valence-corrected chi connectivity index (χ2v) is 11.4. The quantitative estimate of drug-likeness (QED) is 0.185. The summed E-state index contributed by atoms with van der Waals surface area (Å²) in [5.74, 6) is 0. The fourth-order valence-electron chi connectivity index (χ4n) is 6.53. The molecule has 0 amide bonds. The van der Waals surface area contributed by atoms with E-state index in [1.807, 2.05) is 60.8 Å². The molecule has 0 fully saturated rings. The Morgan fingerprint density at radius 2 is 1.08 bits per heavy atom. The second kappa shape index (κ2) is 10.3. The van der Waals surface area contributed by atoms with Gasteiger partial charge in [-0.3, -0.25) is 4.98 Å². The van der Waals surface area contributed by atoms with Crippen molar-refractivity contribution in [2.45, 2.75) is 0 Å². The number of pyridine rings is 2. The molecule has 0 saturated heterocycles. The lowest BCUT2D eigenvalue weighted by Crippen LogP contribution is -1.95. The molecule has 226 valence electrons. The lowest BCUT2D eigenvalue weighted by molar-refractivity contribution is 0.304. The minimum Gasteiger partial charge on any atom is -0.453 e. The van der Waals surface area contributed by atoms with Crippen molar-refractivity contribution in [1.82, 2.24) is 35.2 Å². The van der Waals surface area contributed by atoms with Gasteiger partial charge in [0.25, 0.3) is 0 Å². The van der Waals surface area contributed by atoms with Gasteiger partial charge in [0, 0.05) is 45.5 Å². The summed E-state index contributed by atoms with van der Waals surface area (Å²) < 4.78 is 18.9. The van der Waals surface area contributed by atoms with Gasteiger partial charge in [-0.05, 0) is 74.7 Å². The number of rotatable bonds is 5. The highest BCUT2D eigenvalue weighted by molar-refractivity contribution is 6.09. The molecule has 10 nitrogen and oxygen atoms in total. The molecule has 0 aliphatic carbocycles. The maximum absolute atomic E-state index is 6.02. The van der Waals surface area contributed by atoms with Crippen molar-refractivity contribution >= 4 is 44.0 Å². The van der Waals surface area contributed by atoms with Crippen LogP contribution in [0.3, 0.4) is 0 Å². The predicted molar refractivity (Wildman–Crippen MR) is 181 cm³/mol. The number of benzene rings is 4. The van der Waals surface area contributed by atoms with Crippen LogP contribution in [0.5, 0.6) is 0 Å². The Balaban J connectivity index is 1.05.